The molecule has 0 aliphatic rings. The third kappa shape index (κ3) is 1.63. The maximum atomic E-state index is 5.28. The Bertz CT molecular complexity index is 440. The van der Waals surface area contributed by atoms with E-state index in [0.717, 1.165) is 5.56 Å². The van der Waals surface area contributed by atoms with Crippen molar-refractivity contribution in [3.8, 4) is 22.9 Å². The van der Waals surface area contributed by atoms with E-state index in [1.807, 2.05) is 18.2 Å². The first-order chi connectivity index (χ1) is 7.36. The SMILES string of the molecule is COc1cccc(-c2ncn[nH]2)c1OC. The largest absolute Gasteiger partial charge is 0.493 e. The number of hydrogen-bond acceptors (Lipinski definition) is 4. The number of nitrogens with zero attached hydrogens (tertiary/aromatic N) is 2. The van der Waals surface area contributed by atoms with Gasteiger partial charge in [0.1, 0.15) is 6.33 Å². The third-order valence-electron chi connectivity index (χ3n) is 2.07. The summed E-state index contributed by atoms with van der Waals surface area (Å²) in [6.07, 6.45) is 1.45. The van der Waals surface area contributed by atoms with Gasteiger partial charge in [0.2, 0.25) is 0 Å². The minimum Gasteiger partial charge on any atom is -0.493 e. The van der Waals surface area contributed by atoms with E-state index in [1.165, 1.54) is 6.33 Å². The molecule has 0 aliphatic heterocycles. The van der Waals surface area contributed by atoms with Gasteiger partial charge in [-0.1, -0.05) is 6.07 Å². The predicted molar refractivity (Wildman–Crippen MR) is 54.9 cm³/mol. The standard InChI is InChI=1S/C10H11N3O2/c1-14-8-5-3-4-7(9(8)15-2)10-11-6-12-13-10/h3-6H,1-2H3,(H,11,12,13). The molecule has 0 atom stereocenters. The van der Waals surface area contributed by atoms with E-state index >= 15 is 0 Å². The molecule has 0 saturated heterocycles. The number of rotatable bonds is 3. The van der Waals surface area contributed by atoms with Crippen LogP contribution >= 0.6 is 0 Å². The van der Waals surface area contributed by atoms with Crippen LogP contribution in [0.3, 0.4) is 0 Å². The second-order valence-corrected chi connectivity index (χ2v) is 2.88. The molecule has 15 heavy (non-hydrogen) atoms. The smallest absolute Gasteiger partial charge is 0.171 e. The fourth-order valence-electron chi connectivity index (χ4n) is 1.41. The molecular weight excluding hydrogens is 194 g/mol. The zero-order valence-corrected chi connectivity index (χ0v) is 8.52. The Morgan fingerprint density at radius 3 is 2.67 bits per heavy atom. The molecule has 0 radical (unpaired) electrons. The lowest BCUT2D eigenvalue weighted by Crippen LogP contribution is -1.93. The van der Waals surface area contributed by atoms with Crippen LogP contribution < -0.4 is 9.47 Å². The lowest BCUT2D eigenvalue weighted by molar-refractivity contribution is 0.356. The monoisotopic (exact) mass is 205 g/mol. The van der Waals surface area contributed by atoms with E-state index in [0.29, 0.717) is 17.3 Å². The molecular formula is C10H11N3O2. The van der Waals surface area contributed by atoms with E-state index in [-0.39, 0.29) is 0 Å². The van der Waals surface area contributed by atoms with Crippen LogP contribution in [0.4, 0.5) is 0 Å². The van der Waals surface area contributed by atoms with E-state index < -0.39 is 0 Å². The number of methoxy groups -OCH3 is 2. The molecule has 1 aromatic heterocycles. The Balaban J connectivity index is 2.56. The van der Waals surface area contributed by atoms with Crippen LogP contribution in [0.25, 0.3) is 11.4 Å². The molecule has 0 spiro atoms. The topological polar surface area (TPSA) is 60.0 Å². The van der Waals surface area contributed by atoms with Gasteiger partial charge in [-0.2, -0.15) is 5.10 Å². The van der Waals surface area contributed by atoms with Crippen LogP contribution in [-0.2, 0) is 0 Å². The first-order valence-corrected chi connectivity index (χ1v) is 4.43. The number of para-hydroxylation sites is 1. The van der Waals surface area contributed by atoms with E-state index in [4.69, 9.17) is 9.47 Å². The molecule has 5 heteroatoms. The maximum Gasteiger partial charge on any atom is 0.171 e. The van der Waals surface area contributed by atoms with Crippen molar-refractivity contribution in [2.24, 2.45) is 0 Å². The summed E-state index contributed by atoms with van der Waals surface area (Å²) >= 11 is 0. The molecule has 0 saturated carbocycles. The van der Waals surface area contributed by atoms with Gasteiger partial charge in [0, 0.05) is 0 Å². The van der Waals surface area contributed by atoms with Gasteiger partial charge >= 0.3 is 0 Å². The van der Waals surface area contributed by atoms with Crippen molar-refractivity contribution in [3.05, 3.63) is 24.5 Å². The molecule has 0 unspecified atom stereocenters. The quantitative estimate of drug-likeness (QED) is 0.824. The molecule has 0 fully saturated rings. The zero-order chi connectivity index (χ0) is 10.7. The highest BCUT2D eigenvalue weighted by atomic mass is 16.5. The Morgan fingerprint density at radius 2 is 2.07 bits per heavy atom. The average molecular weight is 205 g/mol. The van der Waals surface area contributed by atoms with Crippen molar-refractivity contribution < 1.29 is 9.47 Å². The van der Waals surface area contributed by atoms with Crippen molar-refractivity contribution >= 4 is 0 Å². The molecule has 78 valence electrons. The Kier molecular flexibility index (Phi) is 2.53. The Hall–Kier alpha value is -2.04. The van der Waals surface area contributed by atoms with Crippen molar-refractivity contribution in [3.63, 3.8) is 0 Å². The summed E-state index contributed by atoms with van der Waals surface area (Å²) in [5, 5.41) is 6.58. The summed E-state index contributed by atoms with van der Waals surface area (Å²) in [7, 11) is 3.19. The summed E-state index contributed by atoms with van der Waals surface area (Å²) < 4.78 is 10.5. The Morgan fingerprint density at radius 1 is 1.20 bits per heavy atom. The number of benzene rings is 1. The first kappa shape index (κ1) is 9.51. The minimum absolute atomic E-state index is 0.650. The zero-order valence-electron chi connectivity index (χ0n) is 8.52. The van der Waals surface area contributed by atoms with Crippen molar-refractivity contribution in [1.29, 1.82) is 0 Å². The highest BCUT2D eigenvalue weighted by Gasteiger charge is 2.12. The summed E-state index contributed by atoms with van der Waals surface area (Å²) in [4.78, 5) is 4.07. The lowest BCUT2D eigenvalue weighted by Gasteiger charge is -2.10. The van der Waals surface area contributed by atoms with Crippen LogP contribution in [0.15, 0.2) is 24.5 Å². The molecule has 5 nitrogen and oxygen atoms in total. The summed E-state index contributed by atoms with van der Waals surface area (Å²) in [6.45, 7) is 0. The van der Waals surface area contributed by atoms with E-state index in [2.05, 4.69) is 15.2 Å². The van der Waals surface area contributed by atoms with Gasteiger partial charge in [0.25, 0.3) is 0 Å². The van der Waals surface area contributed by atoms with Crippen LogP contribution in [0.5, 0.6) is 11.5 Å². The fourth-order valence-corrected chi connectivity index (χ4v) is 1.41. The van der Waals surface area contributed by atoms with Gasteiger partial charge in [-0.3, -0.25) is 5.10 Å². The normalized spacial score (nSPS) is 10.0. The van der Waals surface area contributed by atoms with Crippen molar-refractivity contribution in [1.82, 2.24) is 15.2 Å². The Labute approximate surface area is 87.1 Å². The van der Waals surface area contributed by atoms with Gasteiger partial charge in [0.05, 0.1) is 19.8 Å². The maximum absolute atomic E-state index is 5.28. The van der Waals surface area contributed by atoms with Gasteiger partial charge in [-0.15, -0.1) is 0 Å². The summed E-state index contributed by atoms with van der Waals surface area (Å²) in [6, 6.07) is 5.60. The molecule has 0 aliphatic carbocycles. The molecule has 0 amide bonds. The van der Waals surface area contributed by atoms with E-state index in [9.17, 15) is 0 Å². The van der Waals surface area contributed by atoms with Gasteiger partial charge in [0.15, 0.2) is 17.3 Å². The second kappa shape index (κ2) is 4.00. The van der Waals surface area contributed by atoms with E-state index in [1.54, 1.807) is 14.2 Å². The molecule has 0 bridgehead atoms. The number of H-pyrrole nitrogens is 1. The number of nitrogens with one attached hydrogen (secondary N) is 1. The molecule has 1 N–H and O–H groups in total. The number of hydrogen-bond donors (Lipinski definition) is 1. The van der Waals surface area contributed by atoms with Crippen molar-refractivity contribution in [2.45, 2.75) is 0 Å². The summed E-state index contributed by atoms with van der Waals surface area (Å²) in [5.41, 5.74) is 0.828. The molecule has 2 aromatic rings. The molecule has 2 rings (SSSR count). The highest BCUT2D eigenvalue weighted by molar-refractivity contribution is 5.68. The van der Waals surface area contributed by atoms with Crippen LogP contribution in [-0.4, -0.2) is 29.4 Å². The van der Waals surface area contributed by atoms with Crippen LogP contribution in [0.1, 0.15) is 0 Å². The van der Waals surface area contributed by atoms with Gasteiger partial charge in [-0.25, -0.2) is 4.98 Å². The highest BCUT2D eigenvalue weighted by Crippen LogP contribution is 2.35. The lowest BCUT2D eigenvalue weighted by atomic mass is 10.2. The number of aromatic nitrogens is 3. The molecule has 1 aromatic carbocycles. The average Bonchev–Trinajstić information content (AvgIpc) is 2.81. The third-order valence-corrected chi connectivity index (χ3v) is 2.07. The van der Waals surface area contributed by atoms with Gasteiger partial charge in [-0.05, 0) is 12.1 Å². The fraction of sp³-hybridized carbons (Fsp3) is 0.200. The number of aromatic amines is 1. The number of ether oxygens (including phenoxy) is 2. The minimum atomic E-state index is 0.650. The predicted octanol–water partition coefficient (Wildman–Crippen LogP) is 1.49. The van der Waals surface area contributed by atoms with Crippen LogP contribution in [0.2, 0.25) is 0 Å². The van der Waals surface area contributed by atoms with Crippen LogP contribution in [0, 0.1) is 0 Å². The second-order valence-electron chi connectivity index (χ2n) is 2.88. The summed E-state index contributed by atoms with van der Waals surface area (Å²) in [5.74, 6) is 1.98. The first-order valence-electron chi connectivity index (χ1n) is 4.43. The van der Waals surface area contributed by atoms with Gasteiger partial charge < -0.3 is 9.47 Å². The van der Waals surface area contributed by atoms with Crippen molar-refractivity contribution in [2.75, 3.05) is 14.2 Å². The molecule has 1 heterocycles.